The van der Waals surface area contributed by atoms with Gasteiger partial charge < -0.3 is 10.1 Å². The molecule has 1 fully saturated rings. The van der Waals surface area contributed by atoms with E-state index in [0.29, 0.717) is 6.54 Å². The average molecular weight is 286 g/mol. The van der Waals surface area contributed by atoms with Crippen LogP contribution in [-0.4, -0.2) is 49.7 Å². The summed E-state index contributed by atoms with van der Waals surface area (Å²) in [6, 6.07) is 0. The maximum atomic E-state index is 11.5. The van der Waals surface area contributed by atoms with Gasteiger partial charge in [-0.1, -0.05) is 35.1 Å². The van der Waals surface area contributed by atoms with E-state index in [-0.39, 0.29) is 25.4 Å². The Morgan fingerprint density at radius 3 is 2.65 bits per heavy atom. The molecule has 1 amide bonds. The van der Waals surface area contributed by atoms with Crippen LogP contribution in [0.25, 0.3) is 0 Å². The van der Waals surface area contributed by atoms with Gasteiger partial charge in [-0.2, -0.15) is 0 Å². The molecular formula is C16H34N2O2. The van der Waals surface area contributed by atoms with E-state index in [1.165, 1.54) is 12.8 Å². The Hall–Kier alpha value is -0.610. The number of morpholine rings is 1. The topological polar surface area (TPSA) is 41.6 Å². The number of amides is 1. The van der Waals surface area contributed by atoms with Crippen LogP contribution in [0.15, 0.2) is 0 Å². The fourth-order valence-corrected chi connectivity index (χ4v) is 2.25. The van der Waals surface area contributed by atoms with Gasteiger partial charge in [0.15, 0.2) is 0 Å². The molecule has 1 rings (SSSR count). The monoisotopic (exact) mass is 286 g/mol. The molecule has 1 aliphatic heterocycles. The molecule has 0 radical (unpaired) electrons. The third-order valence-corrected chi connectivity index (χ3v) is 3.51. The normalized spacial score (nSPS) is 20.0. The minimum Gasteiger partial charge on any atom is -0.374 e. The first-order valence-corrected chi connectivity index (χ1v) is 7.60. The lowest BCUT2D eigenvalue weighted by Gasteiger charge is -2.33. The van der Waals surface area contributed by atoms with E-state index in [9.17, 15) is 4.79 Å². The Morgan fingerprint density at radius 1 is 1.35 bits per heavy atom. The maximum Gasteiger partial charge on any atom is 0.222 e. The van der Waals surface area contributed by atoms with Crippen LogP contribution in [0.4, 0.5) is 0 Å². The number of nitrogens with zero attached hydrogens (tertiary/aromatic N) is 1. The molecule has 0 aromatic carbocycles. The molecule has 0 bridgehead atoms. The lowest BCUT2D eigenvalue weighted by molar-refractivity contribution is -0.125. The largest absolute Gasteiger partial charge is 0.374 e. The highest BCUT2D eigenvalue weighted by Gasteiger charge is 2.21. The van der Waals surface area contributed by atoms with E-state index in [1.807, 2.05) is 13.8 Å². The average Bonchev–Trinajstić information content (AvgIpc) is 2.36. The minimum atomic E-state index is 0. The molecule has 1 N–H and O–H groups in total. The summed E-state index contributed by atoms with van der Waals surface area (Å²) in [7, 11) is 0. The Kier molecular flexibility index (Phi) is 9.86. The van der Waals surface area contributed by atoms with Crippen molar-refractivity contribution in [1.82, 2.24) is 10.2 Å². The second kappa shape index (κ2) is 10.2. The van der Waals surface area contributed by atoms with E-state index >= 15 is 0 Å². The molecular weight excluding hydrogens is 252 g/mol. The summed E-state index contributed by atoms with van der Waals surface area (Å²) in [6.07, 6.45) is 2.69. The second-order valence-corrected chi connectivity index (χ2v) is 6.23. The third-order valence-electron chi connectivity index (χ3n) is 3.51. The van der Waals surface area contributed by atoms with Crippen molar-refractivity contribution in [3.8, 4) is 0 Å². The number of rotatable bonds is 7. The zero-order valence-corrected chi connectivity index (χ0v) is 12.9. The van der Waals surface area contributed by atoms with Crippen LogP contribution in [0, 0.1) is 11.8 Å². The highest BCUT2D eigenvalue weighted by Crippen LogP contribution is 2.09. The van der Waals surface area contributed by atoms with Crippen molar-refractivity contribution in [3.05, 3.63) is 0 Å². The van der Waals surface area contributed by atoms with Gasteiger partial charge in [0, 0.05) is 25.6 Å². The van der Waals surface area contributed by atoms with Gasteiger partial charge in [-0.3, -0.25) is 9.69 Å². The standard InChI is InChI=1S/C15H30N2O2.CH4/c1-12(2)6-5-7-17-8-9-19-14(11-17)10-16-15(18)13(3)4;/h12-14H,5-11H2,1-4H3,(H,16,18);1H4/t14-;/m1./s1. The number of nitrogens with one attached hydrogen (secondary N) is 1. The Morgan fingerprint density at radius 2 is 2.05 bits per heavy atom. The van der Waals surface area contributed by atoms with Gasteiger partial charge in [-0.15, -0.1) is 0 Å². The zero-order chi connectivity index (χ0) is 14.3. The molecule has 1 atom stereocenters. The van der Waals surface area contributed by atoms with Crippen LogP contribution in [0.3, 0.4) is 0 Å². The Bertz CT molecular complexity index is 267. The van der Waals surface area contributed by atoms with E-state index in [4.69, 9.17) is 4.74 Å². The molecule has 0 spiro atoms. The van der Waals surface area contributed by atoms with Crippen molar-refractivity contribution in [1.29, 1.82) is 0 Å². The van der Waals surface area contributed by atoms with Gasteiger partial charge in [0.25, 0.3) is 0 Å². The highest BCUT2D eigenvalue weighted by atomic mass is 16.5. The molecule has 0 saturated carbocycles. The van der Waals surface area contributed by atoms with Crippen LogP contribution in [0.2, 0.25) is 0 Å². The molecule has 1 saturated heterocycles. The number of ether oxygens (including phenoxy) is 1. The fourth-order valence-electron chi connectivity index (χ4n) is 2.25. The number of hydrogen-bond acceptors (Lipinski definition) is 3. The summed E-state index contributed by atoms with van der Waals surface area (Å²) in [6.45, 7) is 12.9. The summed E-state index contributed by atoms with van der Waals surface area (Å²) in [4.78, 5) is 14.0. The summed E-state index contributed by atoms with van der Waals surface area (Å²) >= 11 is 0. The van der Waals surface area contributed by atoms with Gasteiger partial charge in [-0.05, 0) is 25.3 Å². The van der Waals surface area contributed by atoms with Crippen molar-refractivity contribution >= 4 is 5.91 Å². The minimum absolute atomic E-state index is 0. The van der Waals surface area contributed by atoms with Crippen molar-refractivity contribution in [2.45, 2.75) is 54.1 Å². The van der Waals surface area contributed by atoms with Gasteiger partial charge in [0.2, 0.25) is 5.91 Å². The van der Waals surface area contributed by atoms with E-state index < -0.39 is 0 Å². The molecule has 4 heteroatoms. The van der Waals surface area contributed by atoms with Crippen molar-refractivity contribution in [2.24, 2.45) is 11.8 Å². The summed E-state index contributed by atoms with van der Waals surface area (Å²) < 4.78 is 5.71. The molecule has 1 aliphatic rings. The summed E-state index contributed by atoms with van der Waals surface area (Å²) in [5, 5.41) is 2.96. The predicted molar refractivity (Wildman–Crippen MR) is 84.8 cm³/mol. The molecule has 120 valence electrons. The van der Waals surface area contributed by atoms with Gasteiger partial charge in [-0.25, -0.2) is 0 Å². The smallest absolute Gasteiger partial charge is 0.222 e. The molecule has 1 heterocycles. The van der Waals surface area contributed by atoms with E-state index in [2.05, 4.69) is 24.1 Å². The fraction of sp³-hybridized carbons (Fsp3) is 0.938. The summed E-state index contributed by atoms with van der Waals surface area (Å²) in [5.74, 6) is 0.938. The number of carbonyl (C=O) groups excluding carboxylic acids is 1. The molecule has 0 unspecified atom stereocenters. The molecule has 4 nitrogen and oxygen atoms in total. The predicted octanol–water partition coefficient (Wildman–Crippen LogP) is 2.53. The van der Waals surface area contributed by atoms with Gasteiger partial charge >= 0.3 is 0 Å². The number of carbonyl (C=O) groups is 1. The second-order valence-electron chi connectivity index (χ2n) is 6.23. The molecule has 0 aromatic rings. The first-order valence-electron chi connectivity index (χ1n) is 7.60. The summed E-state index contributed by atoms with van der Waals surface area (Å²) in [5.41, 5.74) is 0. The van der Waals surface area contributed by atoms with Crippen LogP contribution in [-0.2, 0) is 9.53 Å². The lowest BCUT2D eigenvalue weighted by atomic mass is 10.1. The SMILES string of the molecule is C.CC(C)CCCN1CCO[C@H](CNC(=O)C(C)C)C1. The Labute approximate surface area is 125 Å². The molecule has 0 aromatic heterocycles. The van der Waals surface area contributed by atoms with E-state index in [0.717, 1.165) is 32.2 Å². The van der Waals surface area contributed by atoms with Crippen molar-refractivity contribution in [2.75, 3.05) is 32.8 Å². The van der Waals surface area contributed by atoms with Crippen LogP contribution in [0.1, 0.15) is 48.0 Å². The quantitative estimate of drug-likeness (QED) is 0.782. The van der Waals surface area contributed by atoms with Crippen molar-refractivity contribution < 1.29 is 9.53 Å². The van der Waals surface area contributed by atoms with Gasteiger partial charge in [0.05, 0.1) is 12.7 Å². The molecule has 20 heavy (non-hydrogen) atoms. The van der Waals surface area contributed by atoms with E-state index in [1.54, 1.807) is 0 Å². The zero-order valence-electron chi connectivity index (χ0n) is 12.9. The molecule has 0 aliphatic carbocycles. The third kappa shape index (κ3) is 7.85. The van der Waals surface area contributed by atoms with Crippen LogP contribution < -0.4 is 5.32 Å². The lowest BCUT2D eigenvalue weighted by Crippen LogP contribution is -2.48. The highest BCUT2D eigenvalue weighted by molar-refractivity contribution is 5.77. The van der Waals surface area contributed by atoms with Crippen molar-refractivity contribution in [3.63, 3.8) is 0 Å². The van der Waals surface area contributed by atoms with Crippen LogP contribution >= 0.6 is 0 Å². The first kappa shape index (κ1) is 19.4. The van der Waals surface area contributed by atoms with Gasteiger partial charge in [0.1, 0.15) is 0 Å². The maximum absolute atomic E-state index is 11.5. The Balaban J connectivity index is 0.00000361. The first-order chi connectivity index (χ1) is 8.99. The number of hydrogen-bond donors (Lipinski definition) is 1. The van der Waals surface area contributed by atoms with Crippen LogP contribution in [0.5, 0.6) is 0 Å².